The molecule has 0 aromatic carbocycles. The Balaban J connectivity index is -0.000000143. The van der Waals surface area contributed by atoms with Crippen molar-refractivity contribution in [3.63, 3.8) is 0 Å². The Morgan fingerprint density at radius 3 is 1.23 bits per heavy atom. The van der Waals surface area contributed by atoms with Gasteiger partial charge in [-0.05, 0) is 13.8 Å². The molecule has 0 saturated heterocycles. The van der Waals surface area contributed by atoms with Gasteiger partial charge in [0.05, 0.1) is 0 Å². The third-order valence-electron chi connectivity index (χ3n) is 0.524. The molecule has 0 saturated carbocycles. The summed E-state index contributed by atoms with van der Waals surface area (Å²) in [7, 11) is 0. The second-order valence-electron chi connectivity index (χ2n) is 1.37. The van der Waals surface area contributed by atoms with E-state index < -0.39 is 12.3 Å². The van der Waals surface area contributed by atoms with Gasteiger partial charge in [-0.25, -0.2) is 0 Å². The molecule has 0 aliphatic rings. The van der Waals surface area contributed by atoms with Crippen LogP contribution in [-0.2, 0) is 9.47 Å². The average molecular weight is 202 g/mol. The van der Waals surface area contributed by atoms with Crippen LogP contribution in [0.2, 0.25) is 0 Å². The van der Waals surface area contributed by atoms with Crippen molar-refractivity contribution in [1.82, 2.24) is 0 Å². The van der Waals surface area contributed by atoms with E-state index in [1.165, 1.54) is 0 Å². The Kier molecular flexibility index (Phi) is 19.4. The summed E-state index contributed by atoms with van der Waals surface area (Å²) in [5.41, 5.74) is 0. The molecule has 0 rings (SSSR count). The van der Waals surface area contributed by atoms with Gasteiger partial charge in [-0.15, -0.1) is 0 Å². The maximum atomic E-state index is 9.27. The Labute approximate surface area is 92.0 Å². The third kappa shape index (κ3) is 34.8. The molecule has 0 fully saturated rings. The predicted molar refractivity (Wildman–Crippen MR) is 39.8 cm³/mol. The van der Waals surface area contributed by atoms with Crippen molar-refractivity contribution in [2.75, 3.05) is 13.2 Å². The fourth-order valence-corrected chi connectivity index (χ4v) is 0.236. The first-order chi connectivity index (χ1) is 5.54. The summed E-state index contributed by atoms with van der Waals surface area (Å²) >= 11 is 0. The molecule has 0 N–H and O–H groups in total. The molecule has 72 valence electrons. The third-order valence-corrected chi connectivity index (χ3v) is 0.524. The van der Waals surface area contributed by atoms with Crippen molar-refractivity contribution < 1.29 is 29.3 Å². The van der Waals surface area contributed by atoms with Gasteiger partial charge in [0.25, 0.3) is 12.3 Å². The molecule has 0 amide bonds. The first-order valence-corrected chi connectivity index (χ1v) is 3.22. The van der Waals surface area contributed by atoms with Crippen molar-refractivity contribution in [3.8, 4) is 0 Å². The van der Waals surface area contributed by atoms with Crippen molar-refractivity contribution in [1.29, 1.82) is 0 Å². The van der Waals surface area contributed by atoms with Crippen molar-refractivity contribution in [3.05, 3.63) is 0 Å². The molecule has 0 spiro atoms. The topological polar surface area (TPSA) is 98.7 Å². The van der Waals surface area contributed by atoms with Gasteiger partial charge in [0.15, 0.2) is 0 Å². The molecule has 0 unspecified atom stereocenters. The van der Waals surface area contributed by atoms with Crippen molar-refractivity contribution in [2.24, 2.45) is 0 Å². The zero-order valence-electron chi connectivity index (χ0n) is 7.57. The van der Waals surface area contributed by atoms with Crippen LogP contribution in [-0.4, -0.2) is 48.6 Å². The van der Waals surface area contributed by atoms with Crippen molar-refractivity contribution in [2.45, 2.75) is 13.8 Å². The van der Waals surface area contributed by atoms with Gasteiger partial charge in [-0.1, -0.05) is 0 Å². The molecular weight excluding hydrogens is 192 g/mol. The maximum absolute atomic E-state index is 9.27. The van der Waals surface area contributed by atoms with Crippen LogP contribution in [0.5, 0.6) is 0 Å². The molecule has 13 heavy (non-hydrogen) atoms. The molecule has 0 aromatic heterocycles. The van der Waals surface area contributed by atoms with Crippen LogP contribution in [0.4, 0.5) is 9.59 Å². The smallest absolute Gasteiger partial charge is 0.550 e. The van der Waals surface area contributed by atoms with E-state index in [0.29, 0.717) is 0 Å². The molecule has 0 bridgehead atoms. The standard InChI is InChI=1S/2C3H6O3.Mg/c2*1-2-6-3(4)5;/h2*2H2,1H3,(H,4,5);/q;;+2/p-2. The minimum atomic E-state index is -1.46. The van der Waals surface area contributed by atoms with E-state index in [0.717, 1.165) is 0 Å². The minimum absolute atomic E-state index is 0. The number of hydrogen-bond acceptors (Lipinski definition) is 6. The van der Waals surface area contributed by atoms with Gasteiger partial charge >= 0.3 is 23.1 Å². The molecule has 0 aromatic rings. The van der Waals surface area contributed by atoms with Gasteiger partial charge in [-0.2, -0.15) is 0 Å². The molecule has 0 radical (unpaired) electrons. The number of carbonyl (C=O) groups is 2. The second-order valence-corrected chi connectivity index (χ2v) is 1.37. The Bertz CT molecular complexity index is 121. The maximum Gasteiger partial charge on any atom is 2.00 e. The molecule has 0 atom stereocenters. The fourth-order valence-electron chi connectivity index (χ4n) is 0.236. The molecule has 0 aliphatic heterocycles. The zero-order chi connectivity index (χ0) is 9.98. The largest absolute Gasteiger partial charge is 2.00 e. The summed E-state index contributed by atoms with van der Waals surface area (Å²) in [4.78, 5) is 18.5. The number of rotatable bonds is 2. The van der Waals surface area contributed by atoms with Crippen LogP contribution < -0.4 is 10.2 Å². The normalized spacial score (nSPS) is 6.92. The number of ether oxygens (including phenoxy) is 2. The van der Waals surface area contributed by atoms with E-state index in [9.17, 15) is 19.8 Å². The molecule has 0 heterocycles. The SMILES string of the molecule is CCOC(=O)[O-].CCOC(=O)[O-].[Mg+2]. The van der Waals surface area contributed by atoms with E-state index in [-0.39, 0.29) is 36.3 Å². The van der Waals surface area contributed by atoms with Crippen LogP contribution in [0.1, 0.15) is 13.8 Å². The summed E-state index contributed by atoms with van der Waals surface area (Å²) in [5, 5.41) is 18.5. The summed E-state index contributed by atoms with van der Waals surface area (Å²) in [6.45, 7) is 3.50. The van der Waals surface area contributed by atoms with Crippen LogP contribution in [0.25, 0.3) is 0 Å². The van der Waals surface area contributed by atoms with E-state index in [1.54, 1.807) is 13.8 Å². The van der Waals surface area contributed by atoms with E-state index in [2.05, 4.69) is 9.47 Å². The van der Waals surface area contributed by atoms with E-state index in [1.807, 2.05) is 0 Å². The second kappa shape index (κ2) is 13.9. The molecule has 0 aliphatic carbocycles. The van der Waals surface area contributed by atoms with Gasteiger partial charge in [0.2, 0.25) is 0 Å². The fraction of sp³-hybridized carbons (Fsp3) is 0.667. The van der Waals surface area contributed by atoms with Gasteiger partial charge in [-0.3, -0.25) is 0 Å². The van der Waals surface area contributed by atoms with Crippen LogP contribution in [0.15, 0.2) is 0 Å². The summed E-state index contributed by atoms with van der Waals surface area (Å²) < 4.78 is 7.69. The monoisotopic (exact) mass is 202 g/mol. The zero-order valence-corrected chi connectivity index (χ0v) is 8.99. The van der Waals surface area contributed by atoms with Gasteiger partial charge < -0.3 is 29.3 Å². The predicted octanol–water partition coefficient (Wildman–Crippen LogP) is -1.65. The minimum Gasteiger partial charge on any atom is -0.550 e. The Hall–Kier alpha value is -0.694. The summed E-state index contributed by atoms with van der Waals surface area (Å²) in [6, 6.07) is 0. The van der Waals surface area contributed by atoms with Gasteiger partial charge in [0.1, 0.15) is 0 Å². The number of carbonyl (C=O) groups excluding carboxylic acids is 2. The first-order valence-electron chi connectivity index (χ1n) is 3.22. The van der Waals surface area contributed by atoms with Crippen LogP contribution in [0, 0.1) is 0 Å². The Morgan fingerprint density at radius 2 is 1.23 bits per heavy atom. The molecule has 6 nitrogen and oxygen atoms in total. The average Bonchev–Trinajstić information content (AvgIpc) is 1.87. The molecule has 7 heteroatoms. The quantitative estimate of drug-likeness (QED) is 0.393. The van der Waals surface area contributed by atoms with E-state index in [4.69, 9.17) is 0 Å². The summed E-state index contributed by atoms with van der Waals surface area (Å²) in [5.74, 6) is 0. The van der Waals surface area contributed by atoms with E-state index >= 15 is 0 Å². The van der Waals surface area contributed by atoms with Crippen molar-refractivity contribution >= 4 is 35.4 Å². The van der Waals surface area contributed by atoms with Crippen LogP contribution >= 0.6 is 0 Å². The van der Waals surface area contributed by atoms with Crippen LogP contribution in [0.3, 0.4) is 0 Å². The Morgan fingerprint density at radius 1 is 1.00 bits per heavy atom. The van der Waals surface area contributed by atoms with Gasteiger partial charge in [0, 0.05) is 13.2 Å². The molecular formula is C6H10MgO6. The number of hydrogen-bond donors (Lipinski definition) is 0. The first kappa shape index (κ1) is 18.2. The summed E-state index contributed by atoms with van der Waals surface area (Å²) in [6.07, 6.45) is -2.92. The number of carboxylic acid groups (broad SMARTS) is 2.